The number of amides is 1. The zero-order valence-corrected chi connectivity index (χ0v) is 20.6. The molecule has 1 aliphatic heterocycles. The van der Waals surface area contributed by atoms with Crippen molar-refractivity contribution in [3.8, 4) is 0 Å². The van der Waals surface area contributed by atoms with Crippen LogP contribution in [0.3, 0.4) is 0 Å². The third-order valence-electron chi connectivity index (χ3n) is 5.46. The van der Waals surface area contributed by atoms with Crippen molar-refractivity contribution in [2.24, 2.45) is 0 Å². The minimum Gasteiger partial charge on any atom is -0.378 e. The molecular weight excluding hydrogens is 519 g/mol. The Bertz CT molecular complexity index is 1260. The highest BCUT2D eigenvalue weighted by Gasteiger charge is 2.33. The lowest BCUT2D eigenvalue weighted by Crippen LogP contribution is -2.36. The molecule has 8 nitrogen and oxygen atoms in total. The highest BCUT2D eigenvalue weighted by atomic mass is 35.5. The Morgan fingerprint density at radius 2 is 1.94 bits per heavy atom. The van der Waals surface area contributed by atoms with Crippen LogP contribution in [-0.4, -0.2) is 52.9 Å². The van der Waals surface area contributed by atoms with Gasteiger partial charge in [-0.25, -0.2) is 15.0 Å². The number of hydrogen-bond donors (Lipinski definition) is 1. The molecule has 4 rings (SSSR count). The zero-order valence-electron chi connectivity index (χ0n) is 19.0. The predicted octanol–water partition coefficient (Wildman–Crippen LogP) is 5.07. The fourth-order valence-corrected chi connectivity index (χ4v) is 4.66. The summed E-state index contributed by atoms with van der Waals surface area (Å²) >= 11 is 6.69. The van der Waals surface area contributed by atoms with E-state index in [0.29, 0.717) is 37.1 Å². The number of nitrogens with zero attached hydrogens (tertiary/aromatic N) is 4. The Balaban J connectivity index is 1.40. The van der Waals surface area contributed by atoms with Gasteiger partial charge >= 0.3 is 6.18 Å². The van der Waals surface area contributed by atoms with E-state index in [4.69, 9.17) is 16.3 Å². The topological polar surface area (TPSA) is 97.3 Å². The standard InChI is InChI=1S/C23H21ClF3N5O3S/c1-13(8-18(33)17-10-20(30-12-29-17)32-4-6-35-7-5-32)22-28-11-19(36-22)21(34)31-14-2-3-16(24)15(9-14)23(25,26)27/h2-3,9-13H,4-8H2,1H3,(H,31,34)/t13-/m0/s1. The average molecular weight is 540 g/mol. The van der Waals surface area contributed by atoms with Gasteiger partial charge in [-0.1, -0.05) is 18.5 Å². The monoisotopic (exact) mass is 539 g/mol. The molecule has 13 heteroatoms. The molecule has 0 aliphatic carbocycles. The van der Waals surface area contributed by atoms with Crippen molar-refractivity contribution in [1.29, 1.82) is 0 Å². The summed E-state index contributed by atoms with van der Waals surface area (Å²) in [7, 11) is 0. The van der Waals surface area contributed by atoms with Crippen LogP contribution in [0.2, 0.25) is 5.02 Å². The molecule has 1 atom stereocenters. The van der Waals surface area contributed by atoms with Crippen LogP contribution in [0.4, 0.5) is 24.7 Å². The molecule has 36 heavy (non-hydrogen) atoms. The summed E-state index contributed by atoms with van der Waals surface area (Å²) < 4.78 is 44.6. The summed E-state index contributed by atoms with van der Waals surface area (Å²) in [5, 5.41) is 2.52. The predicted molar refractivity (Wildman–Crippen MR) is 129 cm³/mol. The molecule has 0 spiro atoms. The molecule has 2 aromatic heterocycles. The molecule has 0 radical (unpaired) electrons. The molecule has 3 heterocycles. The summed E-state index contributed by atoms with van der Waals surface area (Å²) in [5.74, 6) is -0.452. The molecule has 0 bridgehead atoms. The van der Waals surface area contributed by atoms with Gasteiger partial charge < -0.3 is 15.0 Å². The van der Waals surface area contributed by atoms with Gasteiger partial charge in [-0.05, 0) is 18.2 Å². The van der Waals surface area contributed by atoms with Gasteiger partial charge in [0.15, 0.2) is 5.78 Å². The largest absolute Gasteiger partial charge is 0.417 e. The Hall–Kier alpha value is -3.09. The van der Waals surface area contributed by atoms with Gasteiger partial charge in [-0.2, -0.15) is 13.2 Å². The van der Waals surface area contributed by atoms with Crippen molar-refractivity contribution in [2.45, 2.75) is 25.4 Å². The van der Waals surface area contributed by atoms with Crippen LogP contribution in [0.5, 0.6) is 0 Å². The molecule has 3 aromatic rings. The van der Waals surface area contributed by atoms with Crippen LogP contribution in [0, 0.1) is 0 Å². The fourth-order valence-electron chi connectivity index (χ4n) is 3.57. The number of anilines is 2. The number of hydrogen-bond acceptors (Lipinski definition) is 8. The van der Waals surface area contributed by atoms with Crippen molar-refractivity contribution in [3.63, 3.8) is 0 Å². The van der Waals surface area contributed by atoms with E-state index in [1.807, 2.05) is 4.90 Å². The highest BCUT2D eigenvalue weighted by molar-refractivity contribution is 7.13. The molecule has 1 aromatic carbocycles. The van der Waals surface area contributed by atoms with Crippen LogP contribution in [0.25, 0.3) is 0 Å². The van der Waals surface area contributed by atoms with Gasteiger partial charge in [0.05, 0.1) is 35.0 Å². The Kier molecular flexibility index (Phi) is 7.86. The number of carbonyl (C=O) groups excluding carboxylic acids is 2. The quantitative estimate of drug-likeness (QED) is 0.419. The van der Waals surface area contributed by atoms with Crippen molar-refractivity contribution >= 4 is 46.1 Å². The lowest BCUT2D eigenvalue weighted by atomic mass is 10.0. The van der Waals surface area contributed by atoms with Crippen LogP contribution < -0.4 is 10.2 Å². The van der Waals surface area contributed by atoms with Crippen molar-refractivity contribution < 1.29 is 27.5 Å². The van der Waals surface area contributed by atoms with Gasteiger partial charge in [0, 0.05) is 37.2 Å². The normalized spacial score (nSPS) is 15.0. The molecule has 0 saturated carbocycles. The Morgan fingerprint density at radius 1 is 1.19 bits per heavy atom. The SMILES string of the molecule is C[C@@H](CC(=O)c1cc(N2CCOCC2)ncn1)c1ncc(C(=O)Nc2ccc(Cl)c(C(F)(F)F)c2)s1. The van der Waals surface area contributed by atoms with E-state index in [1.54, 1.807) is 13.0 Å². The first-order valence-corrected chi connectivity index (χ1v) is 12.1. The number of Topliss-reactive ketones (excluding diaryl/α,β-unsaturated/α-hetero) is 1. The van der Waals surface area contributed by atoms with E-state index >= 15 is 0 Å². The average Bonchev–Trinajstić information content (AvgIpc) is 3.36. The van der Waals surface area contributed by atoms with E-state index in [0.717, 1.165) is 23.5 Å². The lowest BCUT2D eigenvalue weighted by molar-refractivity contribution is -0.137. The fraction of sp³-hybridized carbons (Fsp3) is 0.348. The highest BCUT2D eigenvalue weighted by Crippen LogP contribution is 2.36. The molecule has 1 aliphatic rings. The first kappa shape index (κ1) is 26.0. The van der Waals surface area contributed by atoms with Gasteiger partial charge in [-0.3, -0.25) is 9.59 Å². The molecular formula is C23H21ClF3N5O3S. The molecule has 1 saturated heterocycles. The smallest absolute Gasteiger partial charge is 0.378 e. The zero-order chi connectivity index (χ0) is 25.9. The van der Waals surface area contributed by atoms with Gasteiger partial charge in [0.1, 0.15) is 22.7 Å². The second-order valence-electron chi connectivity index (χ2n) is 8.10. The number of rotatable bonds is 7. The number of ketones is 1. The number of benzene rings is 1. The summed E-state index contributed by atoms with van der Waals surface area (Å²) in [5.41, 5.74) is -0.800. The van der Waals surface area contributed by atoms with Crippen molar-refractivity contribution in [3.05, 3.63) is 63.0 Å². The van der Waals surface area contributed by atoms with Crippen LogP contribution in [0.1, 0.15) is 50.0 Å². The van der Waals surface area contributed by atoms with Gasteiger partial charge in [-0.15, -0.1) is 11.3 Å². The van der Waals surface area contributed by atoms with Gasteiger partial charge in [0.25, 0.3) is 5.91 Å². The second kappa shape index (κ2) is 10.9. The maximum absolute atomic E-state index is 13.1. The van der Waals surface area contributed by atoms with Crippen LogP contribution in [0.15, 0.2) is 36.8 Å². The van der Waals surface area contributed by atoms with E-state index in [-0.39, 0.29) is 34.4 Å². The number of ether oxygens (including phenoxy) is 1. The third kappa shape index (κ3) is 6.18. The second-order valence-corrected chi connectivity index (χ2v) is 9.57. The summed E-state index contributed by atoms with van der Waals surface area (Å²) in [6, 6.07) is 4.79. The van der Waals surface area contributed by atoms with Crippen molar-refractivity contribution in [2.75, 3.05) is 36.5 Å². The number of nitrogens with one attached hydrogen (secondary N) is 1. The summed E-state index contributed by atoms with van der Waals surface area (Å²) in [6.45, 7) is 4.34. The molecule has 1 N–H and O–H groups in total. The molecule has 1 fully saturated rings. The maximum Gasteiger partial charge on any atom is 0.417 e. The van der Waals surface area contributed by atoms with Crippen LogP contribution >= 0.6 is 22.9 Å². The maximum atomic E-state index is 13.1. The number of morpholine rings is 1. The minimum atomic E-state index is -4.65. The third-order valence-corrected chi connectivity index (χ3v) is 7.02. The summed E-state index contributed by atoms with van der Waals surface area (Å²) in [6.07, 6.45) is -1.85. The number of thiazole rings is 1. The Labute approximate surface area is 213 Å². The summed E-state index contributed by atoms with van der Waals surface area (Å²) in [4.78, 5) is 40.2. The molecule has 1 amide bonds. The van der Waals surface area contributed by atoms with Crippen molar-refractivity contribution in [1.82, 2.24) is 15.0 Å². The van der Waals surface area contributed by atoms with E-state index in [9.17, 15) is 22.8 Å². The molecule has 0 unspecified atom stereocenters. The first-order chi connectivity index (χ1) is 17.1. The van der Waals surface area contributed by atoms with E-state index in [1.165, 1.54) is 18.6 Å². The minimum absolute atomic E-state index is 0.0465. The first-order valence-electron chi connectivity index (χ1n) is 10.9. The number of halogens is 4. The molecule has 190 valence electrons. The van der Waals surface area contributed by atoms with Gasteiger partial charge in [0.2, 0.25) is 0 Å². The lowest BCUT2D eigenvalue weighted by Gasteiger charge is -2.27. The number of alkyl halides is 3. The van der Waals surface area contributed by atoms with Crippen LogP contribution in [-0.2, 0) is 10.9 Å². The van der Waals surface area contributed by atoms with E-state index in [2.05, 4.69) is 20.3 Å². The van der Waals surface area contributed by atoms with E-state index < -0.39 is 22.7 Å². The number of carbonyl (C=O) groups is 2. The number of aromatic nitrogens is 3. The Morgan fingerprint density at radius 3 is 2.67 bits per heavy atom.